The van der Waals surface area contributed by atoms with E-state index in [1.165, 1.54) is 0 Å². The van der Waals surface area contributed by atoms with E-state index in [1.54, 1.807) is 26.6 Å². The van der Waals surface area contributed by atoms with Crippen LogP contribution in [0.15, 0.2) is 40.7 Å². The van der Waals surface area contributed by atoms with E-state index in [1.807, 2.05) is 18.2 Å². The Morgan fingerprint density at radius 3 is 2.73 bits per heavy atom. The fourth-order valence-electron chi connectivity index (χ4n) is 1.57. The van der Waals surface area contributed by atoms with Crippen molar-refractivity contribution >= 4 is 17.0 Å². The Hall–Kier alpha value is -1.97. The molecule has 1 N–H and O–H groups in total. The molecule has 0 unspecified atom stereocenters. The van der Waals surface area contributed by atoms with E-state index < -0.39 is 0 Å². The predicted molar refractivity (Wildman–Crippen MR) is 62.4 cm³/mol. The Bertz CT molecular complexity index is 461. The molecule has 0 spiro atoms. The number of aliphatic imine (C=N–C) groups is 2. The minimum absolute atomic E-state index is 0.893. The van der Waals surface area contributed by atoms with Crippen molar-refractivity contribution in [3.05, 3.63) is 36.4 Å². The van der Waals surface area contributed by atoms with E-state index in [0.717, 1.165) is 22.7 Å². The fourth-order valence-corrected chi connectivity index (χ4v) is 1.57. The number of H-pyrrole nitrogens is 1. The molecule has 2 rings (SSSR count). The molecule has 0 saturated carbocycles. The largest absolute Gasteiger partial charge is 0.345 e. The molecule has 4 nitrogen and oxygen atoms in total. The zero-order valence-electron chi connectivity index (χ0n) is 8.73. The van der Waals surface area contributed by atoms with Crippen molar-refractivity contribution in [2.45, 2.75) is 0 Å². The lowest BCUT2D eigenvalue weighted by atomic mass is 9.98. The molecule has 0 radical (unpaired) electrons. The standard InChI is InChI=1S/C11H12N4/c1-12-9-5-3-4-8(11(9)13-2)10-6-14-7-15-10/h3-7H,1-2H3,(H,14,15). The van der Waals surface area contributed by atoms with Gasteiger partial charge >= 0.3 is 0 Å². The van der Waals surface area contributed by atoms with Gasteiger partial charge in [-0.3, -0.25) is 9.98 Å². The van der Waals surface area contributed by atoms with Gasteiger partial charge in [-0.2, -0.15) is 0 Å². The number of rotatable bonds is 1. The lowest BCUT2D eigenvalue weighted by molar-refractivity contribution is 1.30. The maximum Gasteiger partial charge on any atom is 0.0924 e. The monoisotopic (exact) mass is 200 g/mol. The highest BCUT2D eigenvalue weighted by atomic mass is 14.9. The third kappa shape index (κ3) is 1.66. The normalized spacial score (nSPS) is 21.1. The number of allylic oxidation sites excluding steroid dienone is 4. The van der Waals surface area contributed by atoms with Crippen LogP contribution in [0.4, 0.5) is 0 Å². The smallest absolute Gasteiger partial charge is 0.0924 e. The van der Waals surface area contributed by atoms with Crippen molar-refractivity contribution in [1.82, 2.24) is 9.97 Å². The highest BCUT2D eigenvalue weighted by Crippen LogP contribution is 2.18. The lowest BCUT2D eigenvalue weighted by Gasteiger charge is -2.11. The summed E-state index contributed by atoms with van der Waals surface area (Å²) in [6.07, 6.45) is 9.36. The number of hydrogen-bond acceptors (Lipinski definition) is 3. The van der Waals surface area contributed by atoms with Gasteiger partial charge in [0, 0.05) is 19.7 Å². The highest BCUT2D eigenvalue weighted by Gasteiger charge is 2.16. The van der Waals surface area contributed by atoms with Crippen LogP contribution >= 0.6 is 0 Å². The van der Waals surface area contributed by atoms with Crippen LogP contribution in [-0.2, 0) is 0 Å². The third-order valence-electron chi connectivity index (χ3n) is 2.27. The first kappa shape index (κ1) is 9.58. The number of aromatic nitrogens is 2. The minimum Gasteiger partial charge on any atom is -0.345 e. The Labute approximate surface area is 88.2 Å². The summed E-state index contributed by atoms with van der Waals surface area (Å²) in [7, 11) is 3.53. The zero-order valence-corrected chi connectivity index (χ0v) is 8.73. The molecule has 0 saturated heterocycles. The molecule has 1 aromatic rings. The number of nitrogens with zero attached hydrogens (tertiary/aromatic N) is 3. The molecule has 0 amide bonds. The van der Waals surface area contributed by atoms with Gasteiger partial charge in [0.15, 0.2) is 0 Å². The Morgan fingerprint density at radius 2 is 2.13 bits per heavy atom. The Balaban J connectivity index is 2.49. The molecule has 0 atom stereocenters. The Morgan fingerprint density at radius 1 is 1.27 bits per heavy atom. The van der Waals surface area contributed by atoms with E-state index >= 15 is 0 Å². The van der Waals surface area contributed by atoms with E-state index in [9.17, 15) is 0 Å². The van der Waals surface area contributed by atoms with Crippen LogP contribution < -0.4 is 0 Å². The summed E-state index contributed by atoms with van der Waals surface area (Å²) in [5, 5.41) is 0. The topological polar surface area (TPSA) is 53.4 Å². The van der Waals surface area contributed by atoms with Crippen molar-refractivity contribution in [2.24, 2.45) is 9.98 Å². The van der Waals surface area contributed by atoms with Gasteiger partial charge in [0.1, 0.15) is 0 Å². The van der Waals surface area contributed by atoms with E-state index in [2.05, 4.69) is 20.0 Å². The molecular formula is C11H12N4. The quantitative estimate of drug-likeness (QED) is 0.686. The van der Waals surface area contributed by atoms with Gasteiger partial charge in [0.25, 0.3) is 0 Å². The van der Waals surface area contributed by atoms with Gasteiger partial charge in [-0.15, -0.1) is 0 Å². The molecular weight excluding hydrogens is 188 g/mol. The van der Waals surface area contributed by atoms with Gasteiger partial charge in [-0.1, -0.05) is 12.2 Å². The van der Waals surface area contributed by atoms with E-state index in [4.69, 9.17) is 0 Å². The van der Waals surface area contributed by atoms with Crippen molar-refractivity contribution in [1.29, 1.82) is 0 Å². The minimum atomic E-state index is 0.893. The summed E-state index contributed by atoms with van der Waals surface area (Å²) in [5.74, 6) is 0. The van der Waals surface area contributed by atoms with Gasteiger partial charge in [0.2, 0.25) is 0 Å². The molecule has 15 heavy (non-hydrogen) atoms. The summed E-state index contributed by atoms with van der Waals surface area (Å²) >= 11 is 0. The van der Waals surface area contributed by atoms with E-state index in [-0.39, 0.29) is 0 Å². The van der Waals surface area contributed by atoms with Crippen LogP contribution in [0.25, 0.3) is 5.57 Å². The van der Waals surface area contributed by atoms with Gasteiger partial charge in [-0.25, -0.2) is 4.98 Å². The number of hydrogen-bond donors (Lipinski definition) is 1. The second kappa shape index (κ2) is 4.04. The third-order valence-corrected chi connectivity index (χ3v) is 2.27. The van der Waals surface area contributed by atoms with Crippen LogP contribution in [0.5, 0.6) is 0 Å². The van der Waals surface area contributed by atoms with Gasteiger partial charge in [-0.05, 0) is 6.08 Å². The SMILES string of the molecule is CN=C1C=CC=C(c2cnc[nH]2)C1=NC. The van der Waals surface area contributed by atoms with Crippen LogP contribution in [0.3, 0.4) is 0 Å². The average molecular weight is 200 g/mol. The molecule has 1 heterocycles. The average Bonchev–Trinajstić information content (AvgIpc) is 2.81. The lowest BCUT2D eigenvalue weighted by Crippen LogP contribution is -2.16. The predicted octanol–water partition coefficient (Wildman–Crippen LogP) is 1.50. The fraction of sp³-hybridized carbons (Fsp3) is 0.182. The first-order chi connectivity index (χ1) is 7.36. The van der Waals surface area contributed by atoms with Crippen molar-refractivity contribution in [3.8, 4) is 0 Å². The maximum absolute atomic E-state index is 4.26. The van der Waals surface area contributed by atoms with Gasteiger partial charge in [0.05, 0.1) is 29.6 Å². The van der Waals surface area contributed by atoms with E-state index in [0.29, 0.717) is 0 Å². The second-order valence-electron chi connectivity index (χ2n) is 3.09. The Kier molecular flexibility index (Phi) is 2.58. The van der Waals surface area contributed by atoms with Crippen LogP contribution in [-0.4, -0.2) is 35.5 Å². The molecule has 4 heteroatoms. The second-order valence-corrected chi connectivity index (χ2v) is 3.09. The molecule has 0 aromatic carbocycles. The first-order valence-electron chi connectivity index (χ1n) is 4.68. The first-order valence-corrected chi connectivity index (χ1v) is 4.68. The zero-order chi connectivity index (χ0) is 10.7. The maximum atomic E-state index is 4.26. The summed E-state index contributed by atoms with van der Waals surface area (Å²) in [6, 6.07) is 0. The van der Waals surface area contributed by atoms with Crippen molar-refractivity contribution < 1.29 is 0 Å². The van der Waals surface area contributed by atoms with Crippen LogP contribution in [0.2, 0.25) is 0 Å². The summed E-state index contributed by atoms with van der Waals surface area (Å²) < 4.78 is 0. The summed E-state index contributed by atoms with van der Waals surface area (Å²) in [4.78, 5) is 15.5. The molecule has 1 aliphatic rings. The number of aromatic amines is 1. The molecule has 1 aromatic heterocycles. The van der Waals surface area contributed by atoms with Crippen molar-refractivity contribution in [3.63, 3.8) is 0 Å². The molecule has 0 fully saturated rings. The molecule has 0 aliphatic heterocycles. The van der Waals surface area contributed by atoms with Crippen LogP contribution in [0.1, 0.15) is 5.69 Å². The molecule has 0 bridgehead atoms. The summed E-state index contributed by atoms with van der Waals surface area (Å²) in [6.45, 7) is 0. The molecule has 1 aliphatic carbocycles. The summed E-state index contributed by atoms with van der Waals surface area (Å²) in [5.41, 5.74) is 3.77. The highest BCUT2D eigenvalue weighted by molar-refractivity contribution is 6.61. The number of nitrogens with one attached hydrogen (secondary N) is 1. The van der Waals surface area contributed by atoms with Gasteiger partial charge < -0.3 is 4.98 Å². The molecule has 76 valence electrons. The number of imidazole rings is 1. The van der Waals surface area contributed by atoms with Crippen molar-refractivity contribution in [2.75, 3.05) is 14.1 Å². The van der Waals surface area contributed by atoms with Crippen LogP contribution in [0, 0.1) is 0 Å².